The van der Waals surface area contributed by atoms with Gasteiger partial charge in [0.05, 0.1) is 12.1 Å². The van der Waals surface area contributed by atoms with Gasteiger partial charge in [0, 0.05) is 32.3 Å². The first kappa shape index (κ1) is 23.3. The summed E-state index contributed by atoms with van der Waals surface area (Å²) in [6, 6.07) is 15.2. The van der Waals surface area contributed by atoms with Crippen molar-refractivity contribution in [3.8, 4) is 22.6 Å². The third kappa shape index (κ3) is 5.57. The summed E-state index contributed by atoms with van der Waals surface area (Å²) in [5.41, 5.74) is 2.16. The first-order valence-corrected chi connectivity index (χ1v) is 11.4. The van der Waals surface area contributed by atoms with Crippen LogP contribution in [0.4, 0.5) is 0 Å². The van der Waals surface area contributed by atoms with Crippen LogP contribution in [0, 0.1) is 0 Å². The second kappa shape index (κ2) is 9.97. The van der Waals surface area contributed by atoms with Crippen molar-refractivity contribution in [2.75, 3.05) is 0 Å². The van der Waals surface area contributed by atoms with E-state index in [4.69, 9.17) is 39.5 Å². The number of amides is 2. The molecule has 3 aromatic rings. The fourth-order valence-corrected chi connectivity index (χ4v) is 4.22. The molecule has 0 atom stereocenters. The van der Waals surface area contributed by atoms with Gasteiger partial charge in [0.15, 0.2) is 0 Å². The van der Waals surface area contributed by atoms with E-state index in [1.807, 2.05) is 12.1 Å². The highest BCUT2D eigenvalue weighted by molar-refractivity contribution is 7.96. The SMILES string of the molecule is O=C1NSNC(=O)C1=Cc1cc(-c2cc(Cl)cc(Cl)c2)c(OCc2ccc(Cl)cc2)cc1O. The zero-order chi connectivity index (χ0) is 23.5. The Bertz CT molecular complexity index is 1240. The second-order valence-electron chi connectivity index (χ2n) is 7.00. The summed E-state index contributed by atoms with van der Waals surface area (Å²) in [7, 11) is 0. The smallest absolute Gasteiger partial charge is 0.268 e. The lowest BCUT2D eigenvalue weighted by Crippen LogP contribution is -2.37. The molecule has 4 rings (SSSR count). The molecule has 1 saturated heterocycles. The molecular formula is C23H15Cl3N2O4S. The van der Waals surface area contributed by atoms with Gasteiger partial charge in [-0.25, -0.2) is 0 Å². The number of benzene rings is 3. The van der Waals surface area contributed by atoms with Crippen LogP contribution in [0.5, 0.6) is 11.5 Å². The fraction of sp³-hybridized carbons (Fsp3) is 0.0435. The molecule has 2 amide bonds. The number of hydrogen-bond acceptors (Lipinski definition) is 5. The molecule has 0 saturated carbocycles. The zero-order valence-corrected chi connectivity index (χ0v) is 19.8. The minimum atomic E-state index is -0.571. The van der Waals surface area contributed by atoms with E-state index in [1.54, 1.807) is 36.4 Å². The average Bonchev–Trinajstić information content (AvgIpc) is 2.76. The van der Waals surface area contributed by atoms with Gasteiger partial charge in [-0.15, -0.1) is 0 Å². The lowest BCUT2D eigenvalue weighted by atomic mass is 9.99. The zero-order valence-electron chi connectivity index (χ0n) is 16.7. The Hall–Kier alpha value is -2.84. The van der Waals surface area contributed by atoms with Crippen molar-refractivity contribution in [2.24, 2.45) is 0 Å². The number of halogens is 3. The molecule has 0 radical (unpaired) electrons. The third-order valence-electron chi connectivity index (χ3n) is 4.69. The van der Waals surface area contributed by atoms with Crippen LogP contribution < -0.4 is 14.2 Å². The molecule has 1 aliphatic rings. The number of phenolic OH excluding ortho intramolecular Hbond substituents is 1. The average molecular weight is 522 g/mol. The van der Waals surface area contributed by atoms with E-state index < -0.39 is 11.8 Å². The van der Waals surface area contributed by atoms with Gasteiger partial charge in [-0.05, 0) is 53.6 Å². The van der Waals surface area contributed by atoms with E-state index >= 15 is 0 Å². The van der Waals surface area contributed by atoms with Crippen LogP contribution >= 0.6 is 46.9 Å². The van der Waals surface area contributed by atoms with Crippen LogP contribution in [0.3, 0.4) is 0 Å². The molecule has 0 aromatic heterocycles. The molecule has 3 N–H and O–H groups in total. The first-order valence-electron chi connectivity index (χ1n) is 9.49. The molecule has 0 aliphatic carbocycles. The Labute approximate surface area is 208 Å². The third-order valence-corrected chi connectivity index (χ3v) is 5.95. The predicted molar refractivity (Wildman–Crippen MR) is 131 cm³/mol. The van der Waals surface area contributed by atoms with Crippen molar-refractivity contribution in [1.82, 2.24) is 9.44 Å². The number of phenols is 1. The summed E-state index contributed by atoms with van der Waals surface area (Å²) in [4.78, 5) is 24.2. The highest BCUT2D eigenvalue weighted by atomic mass is 35.5. The van der Waals surface area contributed by atoms with Gasteiger partial charge in [0.2, 0.25) is 0 Å². The molecule has 0 unspecified atom stereocenters. The molecule has 1 aliphatic heterocycles. The first-order chi connectivity index (χ1) is 15.8. The number of carbonyl (C=O) groups excluding carboxylic acids is 2. The molecule has 168 valence electrons. The van der Waals surface area contributed by atoms with Crippen LogP contribution in [0.25, 0.3) is 17.2 Å². The van der Waals surface area contributed by atoms with Crippen LogP contribution in [-0.4, -0.2) is 16.9 Å². The van der Waals surface area contributed by atoms with Gasteiger partial charge in [0.25, 0.3) is 11.8 Å². The quantitative estimate of drug-likeness (QED) is 0.225. The Balaban J connectivity index is 1.78. The summed E-state index contributed by atoms with van der Waals surface area (Å²) in [5.74, 6) is -0.961. The number of aromatic hydroxyl groups is 1. The van der Waals surface area contributed by atoms with E-state index in [1.165, 1.54) is 12.1 Å². The van der Waals surface area contributed by atoms with Crippen LogP contribution in [0.15, 0.2) is 60.2 Å². The maximum absolute atomic E-state index is 12.1. The normalized spacial score (nSPS) is 13.4. The molecule has 33 heavy (non-hydrogen) atoms. The molecule has 10 heteroatoms. The van der Waals surface area contributed by atoms with Gasteiger partial charge in [-0.3, -0.25) is 19.0 Å². The fourth-order valence-electron chi connectivity index (χ4n) is 3.12. The number of hydrogen-bond donors (Lipinski definition) is 3. The topological polar surface area (TPSA) is 87.7 Å². The number of carbonyl (C=O) groups is 2. The highest BCUT2D eigenvalue weighted by Gasteiger charge is 2.24. The molecule has 0 bridgehead atoms. The Kier molecular flexibility index (Phi) is 7.05. The van der Waals surface area contributed by atoms with E-state index in [-0.39, 0.29) is 23.5 Å². The van der Waals surface area contributed by atoms with Gasteiger partial charge in [-0.2, -0.15) is 0 Å². The van der Waals surface area contributed by atoms with Crippen LogP contribution in [0.1, 0.15) is 11.1 Å². The van der Waals surface area contributed by atoms with Gasteiger partial charge in [0.1, 0.15) is 23.7 Å². The lowest BCUT2D eigenvalue weighted by molar-refractivity contribution is -0.122. The van der Waals surface area contributed by atoms with Crippen molar-refractivity contribution in [3.05, 3.63) is 86.4 Å². The largest absolute Gasteiger partial charge is 0.507 e. The van der Waals surface area contributed by atoms with Gasteiger partial charge in [-0.1, -0.05) is 46.9 Å². The minimum absolute atomic E-state index is 0.144. The molecule has 6 nitrogen and oxygen atoms in total. The number of rotatable bonds is 5. The van der Waals surface area contributed by atoms with Crippen molar-refractivity contribution in [2.45, 2.75) is 6.61 Å². The van der Waals surface area contributed by atoms with E-state index in [9.17, 15) is 14.7 Å². The summed E-state index contributed by atoms with van der Waals surface area (Å²) < 4.78 is 10.9. The molecule has 1 fully saturated rings. The van der Waals surface area contributed by atoms with Crippen molar-refractivity contribution in [3.63, 3.8) is 0 Å². The van der Waals surface area contributed by atoms with Crippen LogP contribution in [-0.2, 0) is 16.2 Å². The summed E-state index contributed by atoms with van der Waals surface area (Å²) in [6.07, 6.45) is 1.30. The van der Waals surface area contributed by atoms with E-state index in [0.29, 0.717) is 31.9 Å². The number of ether oxygens (including phenoxy) is 1. The summed E-state index contributed by atoms with van der Waals surface area (Å²) in [6.45, 7) is 0.209. The molecule has 0 spiro atoms. The Morgan fingerprint density at radius 3 is 2.15 bits per heavy atom. The van der Waals surface area contributed by atoms with E-state index in [0.717, 1.165) is 17.7 Å². The maximum Gasteiger partial charge on any atom is 0.268 e. The van der Waals surface area contributed by atoms with Crippen LogP contribution in [0.2, 0.25) is 15.1 Å². The van der Waals surface area contributed by atoms with Gasteiger partial charge >= 0.3 is 0 Å². The molecule has 1 heterocycles. The highest BCUT2D eigenvalue weighted by Crippen LogP contribution is 2.39. The molecular weight excluding hydrogens is 507 g/mol. The van der Waals surface area contributed by atoms with Gasteiger partial charge < -0.3 is 9.84 Å². The predicted octanol–water partition coefficient (Wildman–Crippen LogP) is 5.79. The van der Waals surface area contributed by atoms with Crippen molar-refractivity contribution < 1.29 is 19.4 Å². The maximum atomic E-state index is 12.1. The van der Waals surface area contributed by atoms with Crippen molar-refractivity contribution in [1.29, 1.82) is 0 Å². The second-order valence-corrected chi connectivity index (χ2v) is 8.92. The lowest BCUT2D eigenvalue weighted by Gasteiger charge is -2.17. The monoisotopic (exact) mass is 520 g/mol. The van der Waals surface area contributed by atoms with E-state index in [2.05, 4.69) is 9.44 Å². The Morgan fingerprint density at radius 1 is 0.879 bits per heavy atom. The number of nitrogens with one attached hydrogen (secondary N) is 2. The minimum Gasteiger partial charge on any atom is -0.507 e. The Morgan fingerprint density at radius 2 is 1.52 bits per heavy atom. The summed E-state index contributed by atoms with van der Waals surface area (Å²) >= 11 is 19.1. The molecule has 3 aromatic carbocycles. The standard InChI is InChI=1S/C23H15Cl3N2O4S/c24-15-3-1-12(2-4-15)11-32-21-10-20(29)14(8-19-22(30)27-33-28-23(19)31)7-18(21)13-5-16(25)9-17(26)6-13/h1-10,29H,11H2,(H,27,30)(H,28,31). The summed E-state index contributed by atoms with van der Waals surface area (Å²) in [5, 5.41) is 12.1. The van der Waals surface area contributed by atoms with Crippen molar-refractivity contribution >= 4 is 64.8 Å².